The minimum Gasteiger partial charge on any atom is -0.303 e. The fourth-order valence-corrected chi connectivity index (χ4v) is 1.25. The maximum absolute atomic E-state index is 10.6. The van der Waals surface area contributed by atoms with E-state index in [1.165, 1.54) is 10.9 Å². The molecule has 14 heavy (non-hydrogen) atoms. The van der Waals surface area contributed by atoms with Gasteiger partial charge in [0.25, 0.3) is 0 Å². The molecule has 1 aromatic heterocycles. The van der Waals surface area contributed by atoms with Gasteiger partial charge in [0.15, 0.2) is 0 Å². The van der Waals surface area contributed by atoms with E-state index >= 15 is 0 Å². The average Bonchev–Trinajstić information content (AvgIpc) is 2.48. The minimum atomic E-state index is -0.455. The summed E-state index contributed by atoms with van der Waals surface area (Å²) in [6.07, 6.45) is 3.58. The molecule has 0 aromatic carbocycles. The average molecular weight is 197 g/mol. The first-order valence-electron chi connectivity index (χ1n) is 4.25. The molecule has 0 radical (unpaired) electrons. The number of nitrogens with zero attached hydrogens (tertiary/aromatic N) is 3. The van der Waals surface area contributed by atoms with Crippen LogP contribution < -0.4 is 0 Å². The Morgan fingerprint density at radius 2 is 2.43 bits per heavy atom. The Balaban J connectivity index is 2.77. The van der Waals surface area contributed by atoms with Gasteiger partial charge in [-0.2, -0.15) is 5.10 Å². The topological polar surface area (TPSA) is 78.0 Å². The summed E-state index contributed by atoms with van der Waals surface area (Å²) in [5.74, 6) is 0. The van der Waals surface area contributed by atoms with Crippen molar-refractivity contribution >= 4 is 12.0 Å². The molecule has 0 fully saturated rings. The van der Waals surface area contributed by atoms with Crippen molar-refractivity contribution in [2.24, 2.45) is 7.05 Å². The largest absolute Gasteiger partial charge is 0.310 e. The van der Waals surface area contributed by atoms with Crippen LogP contribution in [0.3, 0.4) is 0 Å². The Morgan fingerprint density at radius 3 is 3.00 bits per heavy atom. The van der Waals surface area contributed by atoms with Crippen LogP contribution in [0.15, 0.2) is 6.20 Å². The molecular formula is C8H11N3O3. The van der Waals surface area contributed by atoms with Crippen LogP contribution in [0.5, 0.6) is 0 Å². The quantitative estimate of drug-likeness (QED) is 0.303. The molecule has 1 rings (SSSR count). The highest BCUT2D eigenvalue weighted by molar-refractivity contribution is 5.49. The normalized spacial score (nSPS) is 10.1. The van der Waals surface area contributed by atoms with Crippen LogP contribution >= 0.6 is 0 Å². The summed E-state index contributed by atoms with van der Waals surface area (Å²) in [7, 11) is 1.66. The SMILES string of the molecule is Cn1ncc([N+](=O)[O-])c1CCCC=O. The number of hydrogen-bond acceptors (Lipinski definition) is 4. The third kappa shape index (κ3) is 2.15. The molecule has 1 heterocycles. The molecule has 0 aliphatic heterocycles. The van der Waals surface area contributed by atoms with Crippen LogP contribution in [0.4, 0.5) is 5.69 Å². The number of aromatic nitrogens is 2. The molecular weight excluding hydrogens is 186 g/mol. The molecule has 6 heteroatoms. The Bertz CT molecular complexity index is 346. The van der Waals surface area contributed by atoms with Crippen LogP contribution in [0.1, 0.15) is 18.5 Å². The van der Waals surface area contributed by atoms with Crippen LogP contribution in [-0.2, 0) is 18.3 Å². The Hall–Kier alpha value is -1.72. The van der Waals surface area contributed by atoms with E-state index in [-0.39, 0.29) is 5.69 Å². The van der Waals surface area contributed by atoms with Crippen molar-refractivity contribution in [1.29, 1.82) is 0 Å². The first-order valence-corrected chi connectivity index (χ1v) is 4.25. The van der Waals surface area contributed by atoms with E-state index in [0.29, 0.717) is 25.0 Å². The zero-order valence-corrected chi connectivity index (χ0v) is 7.84. The van der Waals surface area contributed by atoms with Crippen LogP contribution in [0.2, 0.25) is 0 Å². The van der Waals surface area contributed by atoms with Crippen LogP contribution in [0.25, 0.3) is 0 Å². The van der Waals surface area contributed by atoms with Crippen LogP contribution in [0, 0.1) is 10.1 Å². The Labute approximate surface area is 80.7 Å². The summed E-state index contributed by atoms with van der Waals surface area (Å²) < 4.78 is 1.48. The summed E-state index contributed by atoms with van der Waals surface area (Å²) in [6, 6.07) is 0. The second-order valence-electron chi connectivity index (χ2n) is 2.92. The summed E-state index contributed by atoms with van der Waals surface area (Å²) in [4.78, 5) is 20.2. The van der Waals surface area contributed by atoms with Crippen molar-refractivity contribution in [1.82, 2.24) is 9.78 Å². The molecule has 0 saturated carbocycles. The first kappa shape index (κ1) is 10.4. The first-order chi connectivity index (χ1) is 6.66. The number of aldehydes is 1. The summed E-state index contributed by atoms with van der Waals surface area (Å²) in [6.45, 7) is 0. The lowest BCUT2D eigenvalue weighted by atomic mass is 10.2. The van der Waals surface area contributed by atoms with Gasteiger partial charge in [0.2, 0.25) is 0 Å². The number of unbranched alkanes of at least 4 members (excludes halogenated alkanes) is 1. The third-order valence-corrected chi connectivity index (χ3v) is 1.97. The molecule has 0 N–H and O–H groups in total. The van der Waals surface area contributed by atoms with Crippen molar-refractivity contribution in [3.8, 4) is 0 Å². The molecule has 76 valence electrons. The number of nitro groups is 1. The van der Waals surface area contributed by atoms with Crippen molar-refractivity contribution in [3.05, 3.63) is 22.0 Å². The van der Waals surface area contributed by atoms with E-state index in [1.807, 2.05) is 0 Å². The molecule has 0 aliphatic rings. The van der Waals surface area contributed by atoms with Gasteiger partial charge in [0, 0.05) is 13.5 Å². The van der Waals surface area contributed by atoms with Gasteiger partial charge in [-0.3, -0.25) is 14.8 Å². The molecule has 0 saturated heterocycles. The highest BCUT2D eigenvalue weighted by Crippen LogP contribution is 2.18. The monoisotopic (exact) mass is 197 g/mol. The maximum atomic E-state index is 10.6. The second-order valence-corrected chi connectivity index (χ2v) is 2.92. The molecule has 0 unspecified atom stereocenters. The predicted molar refractivity (Wildman–Crippen MR) is 48.9 cm³/mol. The van der Waals surface area contributed by atoms with E-state index in [4.69, 9.17) is 0 Å². The number of carbonyl (C=O) groups excluding carboxylic acids is 1. The van der Waals surface area contributed by atoms with Gasteiger partial charge >= 0.3 is 5.69 Å². The summed E-state index contributed by atoms with van der Waals surface area (Å²) in [5, 5.41) is 14.4. The second kappa shape index (κ2) is 4.50. The third-order valence-electron chi connectivity index (χ3n) is 1.97. The van der Waals surface area contributed by atoms with E-state index in [9.17, 15) is 14.9 Å². The molecule has 0 amide bonds. The van der Waals surface area contributed by atoms with Gasteiger partial charge in [-0.05, 0) is 12.8 Å². The molecule has 0 aliphatic carbocycles. The molecule has 0 bridgehead atoms. The highest BCUT2D eigenvalue weighted by Gasteiger charge is 2.17. The van der Waals surface area contributed by atoms with Crippen molar-refractivity contribution in [2.45, 2.75) is 19.3 Å². The van der Waals surface area contributed by atoms with E-state index in [2.05, 4.69) is 5.10 Å². The lowest BCUT2D eigenvalue weighted by Crippen LogP contribution is -2.01. The number of carbonyl (C=O) groups is 1. The van der Waals surface area contributed by atoms with Gasteiger partial charge in [0.1, 0.15) is 18.2 Å². The molecule has 0 atom stereocenters. The Morgan fingerprint density at radius 1 is 1.71 bits per heavy atom. The summed E-state index contributed by atoms with van der Waals surface area (Å²) in [5.41, 5.74) is 0.593. The van der Waals surface area contributed by atoms with E-state index < -0.39 is 4.92 Å². The number of aryl methyl sites for hydroxylation is 1. The smallest absolute Gasteiger partial charge is 0.303 e. The van der Waals surface area contributed by atoms with Gasteiger partial charge < -0.3 is 4.79 Å². The van der Waals surface area contributed by atoms with Crippen LogP contribution in [-0.4, -0.2) is 21.0 Å². The maximum Gasteiger partial charge on any atom is 0.310 e. The van der Waals surface area contributed by atoms with Gasteiger partial charge in [-0.15, -0.1) is 0 Å². The summed E-state index contributed by atoms with van der Waals surface area (Å²) >= 11 is 0. The van der Waals surface area contributed by atoms with Gasteiger partial charge in [-0.25, -0.2) is 0 Å². The van der Waals surface area contributed by atoms with E-state index in [0.717, 1.165) is 6.29 Å². The van der Waals surface area contributed by atoms with Gasteiger partial charge in [0.05, 0.1) is 4.92 Å². The molecule has 1 aromatic rings. The number of rotatable bonds is 5. The van der Waals surface area contributed by atoms with Crippen molar-refractivity contribution in [3.63, 3.8) is 0 Å². The molecule has 0 spiro atoms. The van der Waals surface area contributed by atoms with E-state index in [1.54, 1.807) is 7.05 Å². The number of hydrogen-bond donors (Lipinski definition) is 0. The fourth-order valence-electron chi connectivity index (χ4n) is 1.25. The zero-order chi connectivity index (χ0) is 10.6. The van der Waals surface area contributed by atoms with Crippen molar-refractivity contribution in [2.75, 3.05) is 0 Å². The fraction of sp³-hybridized carbons (Fsp3) is 0.500. The minimum absolute atomic E-state index is 0.0263. The van der Waals surface area contributed by atoms with Gasteiger partial charge in [-0.1, -0.05) is 0 Å². The lowest BCUT2D eigenvalue weighted by Gasteiger charge is -1.98. The standard InChI is InChI=1S/C8H11N3O3/c1-10-7(4-2-3-5-12)8(6-9-10)11(13)14/h5-6H,2-4H2,1H3. The molecule has 6 nitrogen and oxygen atoms in total. The Kier molecular flexibility index (Phi) is 3.33. The zero-order valence-electron chi connectivity index (χ0n) is 7.84. The predicted octanol–water partition coefficient (Wildman–Crippen LogP) is 0.850. The lowest BCUT2D eigenvalue weighted by molar-refractivity contribution is -0.385. The van der Waals surface area contributed by atoms with Crippen molar-refractivity contribution < 1.29 is 9.72 Å². The highest BCUT2D eigenvalue weighted by atomic mass is 16.6.